The fraction of sp³-hybridized carbons (Fsp3) is 0. The highest BCUT2D eigenvalue weighted by molar-refractivity contribution is 6.28. The van der Waals surface area contributed by atoms with Gasteiger partial charge in [-0.3, -0.25) is 0 Å². The Kier molecular flexibility index (Phi) is 14.7. The first-order chi connectivity index (χ1) is 57.5. The van der Waals surface area contributed by atoms with Crippen LogP contribution in [0, 0.1) is 0 Å². The van der Waals surface area contributed by atoms with Crippen LogP contribution < -0.4 is 0 Å². The monoisotopic (exact) mass is 1470 g/mol. The van der Waals surface area contributed by atoms with Crippen molar-refractivity contribution < 1.29 is 8.83 Å². The Morgan fingerprint density at radius 1 is 0.147 bits per heavy atom. The van der Waals surface area contributed by atoms with Crippen LogP contribution >= 0.6 is 0 Å². The van der Waals surface area contributed by atoms with Crippen molar-refractivity contribution in [2.75, 3.05) is 0 Å². The predicted molar refractivity (Wildman–Crippen MR) is 489 cm³/mol. The molecule has 4 heteroatoms. The van der Waals surface area contributed by atoms with Gasteiger partial charge in [-0.2, -0.15) is 0 Å². The Bertz CT molecular complexity index is 8170. The number of hydrogen-bond acceptors (Lipinski definition) is 2. The maximum atomic E-state index is 7.00. The van der Waals surface area contributed by atoms with Crippen molar-refractivity contribution in [3.05, 3.63) is 413 Å². The highest BCUT2D eigenvalue weighted by atomic mass is 16.3. The summed E-state index contributed by atoms with van der Waals surface area (Å²) in [6.45, 7) is 0. The van der Waals surface area contributed by atoms with Crippen molar-refractivity contribution in [3.8, 4) is 112 Å². The molecule has 0 amide bonds. The SMILES string of the molecule is c1ccc(-c2ccc3c(-c4cccc5c4oc4ccccc45)c4ccc(-c5cccc(-c6ccc(-n7c8ccccc8c8cc(-c9ccc%10c(-c%11ccccc%11)c%11cc(-c%12ccc%13c(c%12)c%12ccccc%12n%13-c%12ccccc%12)ccc%11c(-c%11ccccc%11)c%10c9)ccc87)cc6)c5)cc4c(-c4cccc5c4oc4ccccc45)c3c2)cc1. The lowest BCUT2D eigenvalue weighted by Gasteiger charge is -2.20. The normalized spacial score (nSPS) is 12.0. The zero-order valence-electron chi connectivity index (χ0n) is 63.0. The summed E-state index contributed by atoms with van der Waals surface area (Å²) in [4.78, 5) is 0. The first kappa shape index (κ1) is 65.4. The fourth-order valence-corrected chi connectivity index (χ4v) is 19.2. The van der Waals surface area contributed by atoms with Gasteiger partial charge >= 0.3 is 0 Å². The topological polar surface area (TPSA) is 36.1 Å². The van der Waals surface area contributed by atoms with E-state index in [2.05, 4.69) is 422 Å². The minimum atomic E-state index is 0.866. The lowest BCUT2D eigenvalue weighted by molar-refractivity contribution is 0.669. The van der Waals surface area contributed by atoms with Gasteiger partial charge in [0.2, 0.25) is 0 Å². The minimum absolute atomic E-state index is 0.866. The number of nitrogens with zero attached hydrogens (tertiary/aromatic N) is 2. The van der Waals surface area contributed by atoms with Gasteiger partial charge < -0.3 is 18.0 Å². The maximum absolute atomic E-state index is 7.00. The molecule has 0 spiro atoms. The number of para-hydroxylation sites is 7. The van der Waals surface area contributed by atoms with Crippen molar-refractivity contribution in [1.82, 2.24) is 9.13 Å². The lowest BCUT2D eigenvalue weighted by Crippen LogP contribution is -1.94. The van der Waals surface area contributed by atoms with Crippen LogP contribution in [-0.2, 0) is 0 Å². The van der Waals surface area contributed by atoms with E-state index >= 15 is 0 Å². The van der Waals surface area contributed by atoms with E-state index in [1.165, 1.54) is 87.5 Å². The van der Waals surface area contributed by atoms with Crippen molar-refractivity contribution in [1.29, 1.82) is 0 Å². The van der Waals surface area contributed by atoms with E-state index in [1.54, 1.807) is 0 Å². The smallest absolute Gasteiger partial charge is 0.143 e. The first-order valence-corrected chi connectivity index (χ1v) is 39.9. The molecular formula is C112H68N2O2. The molecule has 0 fully saturated rings. The molecule has 24 aromatic rings. The van der Waals surface area contributed by atoms with Gasteiger partial charge in [0.25, 0.3) is 0 Å². The average Bonchev–Trinajstić information content (AvgIpc) is 0.921. The standard InChI is InChI=1S/C112H68N2O2/c1-5-24-69(25-6-1)75-48-58-89-99(65-75)110(94-41-23-39-92-86-37-16-20-45-106(86)116-112(92)94)100-68-76(51-59-90(100)109(89)93-40-22-38-91-85-36-15-19-44-105(85)115-111(91)93)74-31-21-30-73(62-74)70-46-54-82(55-47-70)114-102-43-18-14-35-84(102)96-64-80(53-61-104(96)114)78-50-57-88-98(67-78)108(72-28-9-3-10-29-72)87-56-49-77(66-97(87)107(88)71-26-7-2-8-27-71)79-52-60-103-95(63-79)83-34-13-17-42-101(83)113(103)81-32-11-4-12-33-81/h1-68H. The fourth-order valence-electron chi connectivity index (χ4n) is 19.2. The molecule has 0 atom stereocenters. The van der Waals surface area contributed by atoms with E-state index < -0.39 is 0 Å². The number of furan rings is 2. The molecule has 4 nitrogen and oxygen atoms in total. The summed E-state index contributed by atoms with van der Waals surface area (Å²) in [5.74, 6) is 0. The second-order valence-electron chi connectivity index (χ2n) is 30.8. The van der Waals surface area contributed by atoms with Gasteiger partial charge in [-0.25, -0.2) is 0 Å². The Morgan fingerprint density at radius 2 is 0.431 bits per heavy atom. The summed E-state index contributed by atoms with van der Waals surface area (Å²) < 4.78 is 18.8. The number of benzene rings is 20. The molecule has 0 bridgehead atoms. The van der Waals surface area contributed by atoms with E-state index in [4.69, 9.17) is 8.83 Å². The van der Waals surface area contributed by atoms with Gasteiger partial charge in [0.15, 0.2) is 0 Å². The summed E-state index contributed by atoms with van der Waals surface area (Å²) in [6.07, 6.45) is 0. The molecular weight excluding hydrogens is 1410 g/mol. The molecule has 116 heavy (non-hydrogen) atoms. The lowest BCUT2D eigenvalue weighted by atomic mass is 9.83. The Balaban J connectivity index is 0.619. The molecule has 4 aromatic heterocycles. The Morgan fingerprint density at radius 3 is 0.897 bits per heavy atom. The zero-order chi connectivity index (χ0) is 76.1. The van der Waals surface area contributed by atoms with Gasteiger partial charge in [0, 0.05) is 76.7 Å². The van der Waals surface area contributed by atoms with Crippen LogP contribution in [0.5, 0.6) is 0 Å². The third-order valence-corrected chi connectivity index (χ3v) is 24.5. The Hall–Kier alpha value is -15.4. The molecule has 0 aliphatic rings. The molecule has 538 valence electrons. The van der Waals surface area contributed by atoms with Crippen LogP contribution in [0.4, 0.5) is 0 Å². The molecule has 4 heterocycles. The second kappa shape index (κ2) is 26.1. The number of rotatable bonds is 11. The van der Waals surface area contributed by atoms with Crippen molar-refractivity contribution in [2.24, 2.45) is 0 Å². The molecule has 0 radical (unpaired) electrons. The number of hydrogen-bond donors (Lipinski definition) is 0. The van der Waals surface area contributed by atoms with Crippen LogP contribution in [0.15, 0.2) is 421 Å². The van der Waals surface area contributed by atoms with E-state index in [0.29, 0.717) is 0 Å². The predicted octanol–water partition coefficient (Wildman–Crippen LogP) is 31.3. The molecule has 0 saturated heterocycles. The molecule has 0 unspecified atom stereocenters. The van der Waals surface area contributed by atoms with Crippen LogP contribution in [0.2, 0.25) is 0 Å². The molecule has 0 aliphatic carbocycles. The van der Waals surface area contributed by atoms with Crippen LogP contribution in [0.25, 0.3) is 242 Å². The van der Waals surface area contributed by atoms with Gasteiger partial charge in [0.05, 0.1) is 22.1 Å². The van der Waals surface area contributed by atoms with Gasteiger partial charge in [0.1, 0.15) is 22.3 Å². The molecule has 24 rings (SSSR count). The highest BCUT2D eigenvalue weighted by Crippen LogP contribution is 2.52. The highest BCUT2D eigenvalue weighted by Gasteiger charge is 2.27. The molecule has 20 aromatic carbocycles. The Labute approximate surface area is 668 Å². The maximum Gasteiger partial charge on any atom is 0.143 e. The third-order valence-electron chi connectivity index (χ3n) is 24.5. The second-order valence-corrected chi connectivity index (χ2v) is 30.8. The quantitative estimate of drug-likeness (QED) is 0.121. The summed E-state index contributed by atoms with van der Waals surface area (Å²) in [7, 11) is 0. The molecule has 0 aliphatic heterocycles. The summed E-state index contributed by atoms with van der Waals surface area (Å²) in [6, 6.07) is 152. The summed E-state index contributed by atoms with van der Waals surface area (Å²) in [5, 5.41) is 18.6. The number of fused-ring (bicyclic) bond motifs is 16. The zero-order valence-corrected chi connectivity index (χ0v) is 63.0. The minimum Gasteiger partial charge on any atom is -0.455 e. The van der Waals surface area contributed by atoms with Crippen LogP contribution in [0.1, 0.15) is 0 Å². The van der Waals surface area contributed by atoms with Gasteiger partial charge in [-0.05, 0) is 224 Å². The third kappa shape index (κ3) is 10.3. The summed E-state index contributed by atoms with van der Waals surface area (Å²) in [5.41, 5.74) is 31.1. The van der Waals surface area contributed by atoms with E-state index in [9.17, 15) is 0 Å². The molecule has 0 saturated carbocycles. The van der Waals surface area contributed by atoms with Crippen molar-refractivity contribution in [3.63, 3.8) is 0 Å². The van der Waals surface area contributed by atoms with Crippen LogP contribution in [0.3, 0.4) is 0 Å². The van der Waals surface area contributed by atoms with E-state index in [-0.39, 0.29) is 0 Å². The van der Waals surface area contributed by atoms with Gasteiger partial charge in [-0.15, -0.1) is 0 Å². The first-order valence-electron chi connectivity index (χ1n) is 39.9. The van der Waals surface area contributed by atoms with Crippen LogP contribution in [-0.4, -0.2) is 9.13 Å². The molecule has 0 N–H and O–H groups in total. The van der Waals surface area contributed by atoms with Gasteiger partial charge in [-0.1, -0.05) is 309 Å². The average molecular weight is 1470 g/mol. The van der Waals surface area contributed by atoms with Crippen molar-refractivity contribution >= 4 is 131 Å². The number of aromatic nitrogens is 2. The summed E-state index contributed by atoms with van der Waals surface area (Å²) >= 11 is 0. The van der Waals surface area contributed by atoms with E-state index in [0.717, 1.165) is 155 Å². The van der Waals surface area contributed by atoms with E-state index in [1.807, 2.05) is 0 Å². The largest absolute Gasteiger partial charge is 0.455 e. The van der Waals surface area contributed by atoms with Crippen molar-refractivity contribution in [2.45, 2.75) is 0 Å².